The monoisotopic (exact) mass is 469 g/mol. The quantitative estimate of drug-likeness (QED) is 0.373. The smallest absolute Gasteiger partial charge is 0.430 e. The number of hydrogen-bond donors (Lipinski definition) is 3. The summed E-state index contributed by atoms with van der Waals surface area (Å²) in [5, 5.41) is 30.0. The number of nitrogen functional groups attached to an aromatic ring is 1. The Balaban J connectivity index is 0.000000588. The lowest BCUT2D eigenvalue weighted by Crippen LogP contribution is -2.33. The van der Waals surface area contributed by atoms with Crippen molar-refractivity contribution >= 4 is 17.5 Å². The van der Waals surface area contributed by atoms with Crippen LogP contribution in [0.1, 0.15) is 44.1 Å². The van der Waals surface area contributed by atoms with E-state index in [0.717, 1.165) is 11.3 Å². The molecule has 11 nitrogen and oxygen atoms in total. The zero-order chi connectivity index (χ0) is 24.8. The molecule has 34 heavy (non-hydrogen) atoms. The van der Waals surface area contributed by atoms with Crippen molar-refractivity contribution in [3.63, 3.8) is 0 Å². The molecule has 1 aliphatic heterocycles. The Kier molecular flexibility index (Phi) is 7.68. The average Bonchev–Trinajstić information content (AvgIpc) is 3.41. The van der Waals surface area contributed by atoms with Crippen LogP contribution in [0.5, 0.6) is 0 Å². The lowest BCUT2D eigenvalue weighted by atomic mass is 10.0. The van der Waals surface area contributed by atoms with Crippen LogP contribution in [0.4, 0.5) is 10.6 Å². The van der Waals surface area contributed by atoms with Crippen LogP contribution in [0.15, 0.2) is 48.8 Å². The molecule has 0 radical (unpaired) electrons. The summed E-state index contributed by atoms with van der Waals surface area (Å²) in [6.07, 6.45) is 1.13. The van der Waals surface area contributed by atoms with Crippen LogP contribution >= 0.6 is 0 Å². The van der Waals surface area contributed by atoms with Gasteiger partial charge in [0.05, 0.1) is 5.69 Å². The van der Waals surface area contributed by atoms with Crippen LogP contribution in [0, 0.1) is 11.3 Å². The number of carbonyl (C=O) groups is 1. The summed E-state index contributed by atoms with van der Waals surface area (Å²) < 4.78 is 17.9. The normalized spacial score (nSPS) is 19.7. The maximum Gasteiger partial charge on any atom is 0.508 e. The molecule has 180 valence electrons. The number of hydrogen-bond acceptors (Lipinski definition) is 10. The first-order valence-electron chi connectivity index (χ1n) is 10.6. The molecule has 4 N–H and O–H groups in total. The van der Waals surface area contributed by atoms with Gasteiger partial charge < -0.3 is 30.2 Å². The summed E-state index contributed by atoms with van der Waals surface area (Å²) >= 11 is 0. The van der Waals surface area contributed by atoms with Gasteiger partial charge in [-0.1, -0.05) is 30.3 Å². The van der Waals surface area contributed by atoms with Gasteiger partial charge in [-0.2, -0.15) is 10.4 Å². The van der Waals surface area contributed by atoms with Gasteiger partial charge in [0.25, 0.3) is 0 Å². The highest BCUT2D eigenvalue weighted by Gasteiger charge is 2.43. The lowest BCUT2D eigenvalue weighted by Gasteiger charge is -2.21. The Labute approximate surface area is 196 Å². The van der Waals surface area contributed by atoms with Crippen molar-refractivity contribution in [2.75, 3.05) is 12.3 Å². The van der Waals surface area contributed by atoms with Gasteiger partial charge in [0, 0.05) is 0 Å². The Morgan fingerprint density at radius 1 is 1.29 bits per heavy atom. The van der Waals surface area contributed by atoms with Gasteiger partial charge in [-0.3, -0.25) is 0 Å². The van der Waals surface area contributed by atoms with Crippen molar-refractivity contribution in [1.82, 2.24) is 14.6 Å². The minimum absolute atomic E-state index is 0.0972. The molecular formula is C23H27N5O6. The third-order valence-corrected chi connectivity index (χ3v) is 4.85. The SMILES string of the molecule is CC(C)(O)O.N#C[C@@]1(COC(=O)OCc2ccccc2)CCC(c2ccc3c(N)ncnn23)O1. The van der Waals surface area contributed by atoms with Gasteiger partial charge >= 0.3 is 6.16 Å². The second kappa shape index (κ2) is 10.5. The second-order valence-electron chi connectivity index (χ2n) is 8.26. The number of ether oxygens (including phenoxy) is 3. The molecule has 11 heteroatoms. The summed E-state index contributed by atoms with van der Waals surface area (Å²) in [6, 6.07) is 15.0. The van der Waals surface area contributed by atoms with Crippen LogP contribution in [0.2, 0.25) is 0 Å². The van der Waals surface area contributed by atoms with E-state index in [4.69, 9.17) is 30.2 Å². The highest BCUT2D eigenvalue weighted by Crippen LogP contribution is 2.40. The number of fused-ring (bicyclic) bond motifs is 1. The van der Waals surface area contributed by atoms with Crippen molar-refractivity contribution in [1.29, 1.82) is 5.26 Å². The maximum absolute atomic E-state index is 11.9. The average molecular weight is 469 g/mol. The molecule has 0 aliphatic carbocycles. The van der Waals surface area contributed by atoms with Crippen molar-refractivity contribution in [3.05, 3.63) is 60.0 Å². The van der Waals surface area contributed by atoms with E-state index < -0.39 is 17.5 Å². The van der Waals surface area contributed by atoms with Gasteiger partial charge in [-0.25, -0.2) is 14.3 Å². The van der Waals surface area contributed by atoms with Crippen molar-refractivity contribution in [2.24, 2.45) is 0 Å². The molecule has 0 bridgehead atoms. The molecule has 1 unspecified atom stereocenters. The summed E-state index contributed by atoms with van der Waals surface area (Å²) in [6.45, 7) is 2.48. The molecule has 0 amide bonds. The zero-order valence-corrected chi connectivity index (χ0v) is 18.9. The summed E-state index contributed by atoms with van der Waals surface area (Å²) in [5.41, 5.74) is 6.90. The van der Waals surface area contributed by atoms with E-state index in [9.17, 15) is 10.1 Å². The fourth-order valence-electron chi connectivity index (χ4n) is 3.33. The predicted octanol–water partition coefficient (Wildman–Crippen LogP) is 2.49. The molecule has 1 aliphatic rings. The highest BCUT2D eigenvalue weighted by atomic mass is 16.7. The number of benzene rings is 1. The largest absolute Gasteiger partial charge is 0.508 e. The maximum atomic E-state index is 11.9. The van der Waals surface area contributed by atoms with E-state index in [1.165, 1.54) is 20.2 Å². The number of aliphatic hydroxyl groups is 2. The minimum atomic E-state index is -1.50. The number of nitrogens with zero attached hydrogens (tertiary/aromatic N) is 4. The number of carbonyl (C=O) groups excluding carboxylic acids is 1. The fraction of sp³-hybridized carbons (Fsp3) is 0.391. The standard InChI is InChI=1S/C20H19N5O4.C3H8O2/c21-11-20(12-28-19(26)27-10-14-4-2-1-3-5-14)9-8-17(29-20)15-6-7-16-18(22)23-13-24-25(15)16;1-3(2,4)5/h1-7,13,17H,8-10,12H2,(H2,22,23,24);4-5H,1-2H3/t17?,20-;/m1./s1. The van der Waals surface area contributed by atoms with Gasteiger partial charge in [0.15, 0.2) is 17.2 Å². The molecule has 4 rings (SSSR count). The molecule has 0 spiro atoms. The van der Waals surface area contributed by atoms with E-state index in [1.54, 1.807) is 10.6 Å². The molecule has 2 atom stereocenters. The first kappa shape index (κ1) is 24.9. The van der Waals surface area contributed by atoms with Crippen LogP contribution in [0.3, 0.4) is 0 Å². The Morgan fingerprint density at radius 3 is 2.68 bits per heavy atom. The van der Waals surface area contributed by atoms with Crippen LogP contribution in [-0.2, 0) is 20.8 Å². The third-order valence-electron chi connectivity index (χ3n) is 4.85. The summed E-state index contributed by atoms with van der Waals surface area (Å²) in [7, 11) is 0. The van der Waals surface area contributed by atoms with Crippen LogP contribution in [0.25, 0.3) is 5.52 Å². The topological polar surface area (TPSA) is 165 Å². The first-order chi connectivity index (χ1) is 16.1. The first-order valence-corrected chi connectivity index (χ1v) is 10.6. The number of nitrogens with two attached hydrogens (primary N) is 1. The van der Waals surface area contributed by atoms with Crippen molar-refractivity contribution in [3.8, 4) is 6.07 Å². The fourth-order valence-corrected chi connectivity index (χ4v) is 3.33. The molecule has 0 saturated carbocycles. The molecule has 2 aromatic heterocycles. The minimum Gasteiger partial charge on any atom is -0.430 e. The number of rotatable bonds is 5. The van der Waals surface area contributed by atoms with E-state index >= 15 is 0 Å². The van der Waals surface area contributed by atoms with E-state index in [2.05, 4.69) is 16.2 Å². The van der Waals surface area contributed by atoms with Gasteiger partial charge in [-0.05, 0) is 44.4 Å². The molecule has 1 fully saturated rings. The molecule has 3 heterocycles. The van der Waals surface area contributed by atoms with E-state index in [0.29, 0.717) is 24.2 Å². The zero-order valence-electron chi connectivity index (χ0n) is 18.9. The number of anilines is 1. The molecule has 1 aromatic carbocycles. The van der Waals surface area contributed by atoms with Gasteiger partial charge in [-0.15, -0.1) is 0 Å². The highest BCUT2D eigenvalue weighted by molar-refractivity contribution is 5.65. The van der Waals surface area contributed by atoms with E-state index in [1.807, 2.05) is 36.4 Å². The van der Waals surface area contributed by atoms with Crippen LogP contribution < -0.4 is 5.73 Å². The Hall–Kier alpha value is -3.72. The van der Waals surface area contributed by atoms with Crippen molar-refractivity contribution < 1.29 is 29.2 Å². The van der Waals surface area contributed by atoms with Crippen molar-refractivity contribution in [2.45, 2.75) is 50.8 Å². The predicted molar refractivity (Wildman–Crippen MR) is 120 cm³/mol. The molecule has 3 aromatic rings. The van der Waals surface area contributed by atoms with E-state index in [-0.39, 0.29) is 19.3 Å². The van der Waals surface area contributed by atoms with Crippen LogP contribution in [-0.4, -0.2) is 49.0 Å². The second-order valence-corrected chi connectivity index (χ2v) is 8.26. The number of aromatic nitrogens is 3. The lowest BCUT2D eigenvalue weighted by molar-refractivity contribution is -0.127. The number of nitriles is 1. The Bertz CT molecular complexity index is 1150. The Morgan fingerprint density at radius 2 is 2.00 bits per heavy atom. The molecular weight excluding hydrogens is 442 g/mol. The third kappa shape index (κ3) is 6.64. The summed E-state index contributed by atoms with van der Waals surface area (Å²) in [5.74, 6) is -1.14. The van der Waals surface area contributed by atoms with Gasteiger partial charge in [0.1, 0.15) is 37.2 Å². The van der Waals surface area contributed by atoms with Gasteiger partial charge in [0.2, 0.25) is 0 Å². The summed E-state index contributed by atoms with van der Waals surface area (Å²) in [4.78, 5) is 15.9. The molecule has 1 saturated heterocycles.